The molecule has 9 N–H and O–H groups in total. The number of aromatic nitrogens is 1. The van der Waals surface area contributed by atoms with Gasteiger partial charge in [-0.2, -0.15) is 0 Å². The molecule has 1 aromatic heterocycles. The summed E-state index contributed by atoms with van der Waals surface area (Å²) >= 11 is 2.37. The van der Waals surface area contributed by atoms with E-state index in [-0.39, 0.29) is 33.2 Å². The molecule has 0 aliphatic carbocycles. The molecular formula is C14H17N5O7S2. The van der Waals surface area contributed by atoms with Crippen molar-refractivity contribution >= 4 is 51.7 Å². The third-order valence-corrected chi connectivity index (χ3v) is 5.79. The van der Waals surface area contributed by atoms with Crippen molar-refractivity contribution in [2.24, 2.45) is 5.16 Å². The Morgan fingerprint density at radius 3 is 2.64 bits per heavy atom. The molecule has 1 saturated heterocycles. The summed E-state index contributed by atoms with van der Waals surface area (Å²) in [7, 11) is 0. The highest BCUT2D eigenvalue weighted by molar-refractivity contribution is 8.00. The molecule has 0 aromatic carbocycles. The van der Waals surface area contributed by atoms with Crippen LogP contribution < -0.4 is 11.1 Å². The van der Waals surface area contributed by atoms with Crippen LogP contribution in [0.15, 0.2) is 34.5 Å². The number of thioether (sulfide) groups is 1. The van der Waals surface area contributed by atoms with Gasteiger partial charge in [-0.05, 0) is 5.57 Å². The molecule has 2 atom stereocenters. The molecule has 2 aliphatic heterocycles. The smallest absolute Gasteiger partial charge is 0.352 e. The molecule has 14 heteroatoms. The number of allylic oxidation sites excluding steroid dienone is 1. The molecule has 0 radical (unpaired) electrons. The van der Waals surface area contributed by atoms with Gasteiger partial charge in [-0.3, -0.25) is 14.5 Å². The topological polar surface area (TPSA) is 221 Å². The van der Waals surface area contributed by atoms with Crippen molar-refractivity contribution in [1.29, 1.82) is 0 Å². The predicted molar refractivity (Wildman–Crippen MR) is 102 cm³/mol. The van der Waals surface area contributed by atoms with Crippen LogP contribution in [0.3, 0.4) is 0 Å². The number of anilines is 1. The summed E-state index contributed by atoms with van der Waals surface area (Å²) in [6, 6.07) is -0.944. The molecule has 2 amide bonds. The standard InChI is InChI=1S/C14H13N5O5S2.2H2O/c1-2-5-3-25-12-8(11(21)19(12)9(5)13(22)23)17-10(20)7(18-24)6-4-26-14(15)16-6;;/h2,4,8,12,24H,1,3H2,(H2,15,16)(H,17,20)(H,22,23);2*1H2/b18-7+;;/t8-,12-;;/m1../s1. The van der Waals surface area contributed by atoms with Gasteiger partial charge in [0.25, 0.3) is 11.8 Å². The number of carbonyl (C=O) groups excluding carboxylic acids is 2. The monoisotopic (exact) mass is 431 g/mol. The Balaban J connectivity index is 0.00000196. The van der Waals surface area contributed by atoms with E-state index in [1.165, 1.54) is 23.2 Å². The number of amides is 2. The molecule has 12 nitrogen and oxygen atoms in total. The van der Waals surface area contributed by atoms with Crippen LogP contribution in [0.5, 0.6) is 0 Å². The summed E-state index contributed by atoms with van der Waals surface area (Å²) in [5.74, 6) is -2.27. The van der Waals surface area contributed by atoms with Gasteiger partial charge < -0.3 is 32.3 Å². The quantitative estimate of drug-likeness (QED) is 0.179. The van der Waals surface area contributed by atoms with Crippen LogP contribution in [-0.4, -0.2) is 71.8 Å². The summed E-state index contributed by atoms with van der Waals surface area (Å²) < 4.78 is 0. The van der Waals surface area contributed by atoms with Gasteiger partial charge in [-0.25, -0.2) is 9.78 Å². The highest BCUT2D eigenvalue weighted by Gasteiger charge is 2.54. The van der Waals surface area contributed by atoms with Gasteiger partial charge in [0.1, 0.15) is 22.8 Å². The van der Waals surface area contributed by atoms with Crippen molar-refractivity contribution in [1.82, 2.24) is 15.2 Å². The Bertz CT molecular complexity index is 881. The molecule has 2 aliphatic rings. The number of aliphatic carboxylic acids is 1. The average molecular weight is 431 g/mol. The van der Waals surface area contributed by atoms with Crippen molar-refractivity contribution in [3.05, 3.63) is 35.0 Å². The maximum Gasteiger partial charge on any atom is 0.352 e. The minimum Gasteiger partial charge on any atom is -0.477 e. The van der Waals surface area contributed by atoms with Crippen LogP contribution in [0, 0.1) is 0 Å². The molecule has 0 unspecified atom stereocenters. The van der Waals surface area contributed by atoms with Gasteiger partial charge in [-0.1, -0.05) is 17.8 Å². The number of hydrogen-bond donors (Lipinski definition) is 4. The first-order valence-electron chi connectivity index (χ1n) is 7.16. The van der Waals surface area contributed by atoms with Crippen LogP contribution in [0.25, 0.3) is 0 Å². The number of rotatable bonds is 5. The fourth-order valence-electron chi connectivity index (χ4n) is 2.62. The van der Waals surface area contributed by atoms with E-state index in [2.05, 4.69) is 22.0 Å². The Morgan fingerprint density at radius 1 is 1.46 bits per heavy atom. The molecule has 3 heterocycles. The Labute approximate surface area is 166 Å². The fraction of sp³-hybridized carbons (Fsp3) is 0.214. The van der Waals surface area contributed by atoms with E-state index in [9.17, 15) is 19.5 Å². The molecule has 1 aromatic rings. The lowest BCUT2D eigenvalue weighted by molar-refractivity contribution is -0.150. The van der Waals surface area contributed by atoms with Crippen molar-refractivity contribution in [2.45, 2.75) is 11.4 Å². The lowest BCUT2D eigenvalue weighted by atomic mass is 10.0. The first kappa shape index (κ1) is 23.1. The molecule has 3 rings (SSSR count). The number of carboxylic acids is 1. The third kappa shape index (κ3) is 3.70. The second-order valence-corrected chi connectivity index (χ2v) is 7.26. The van der Waals surface area contributed by atoms with Crippen LogP contribution in [0.2, 0.25) is 0 Å². The highest BCUT2D eigenvalue weighted by atomic mass is 32.2. The second kappa shape index (κ2) is 8.83. The first-order valence-corrected chi connectivity index (χ1v) is 9.09. The summed E-state index contributed by atoms with van der Waals surface area (Å²) in [6.45, 7) is 3.56. The van der Waals surface area contributed by atoms with Crippen LogP contribution in [0.4, 0.5) is 5.13 Å². The van der Waals surface area contributed by atoms with Gasteiger partial charge in [0.05, 0.1) is 0 Å². The van der Waals surface area contributed by atoms with Crippen LogP contribution in [0.1, 0.15) is 5.69 Å². The third-order valence-electron chi connectivity index (χ3n) is 3.81. The Morgan fingerprint density at radius 2 is 2.14 bits per heavy atom. The lowest BCUT2D eigenvalue weighted by Crippen LogP contribution is -2.71. The number of oxime groups is 1. The van der Waals surface area contributed by atoms with Gasteiger partial charge >= 0.3 is 5.97 Å². The molecule has 28 heavy (non-hydrogen) atoms. The van der Waals surface area contributed by atoms with Crippen molar-refractivity contribution in [3.8, 4) is 0 Å². The number of carbonyl (C=O) groups is 3. The fourth-order valence-corrected chi connectivity index (χ4v) is 4.51. The summed E-state index contributed by atoms with van der Waals surface area (Å²) in [6.07, 6.45) is 1.40. The first-order chi connectivity index (χ1) is 12.4. The van der Waals surface area contributed by atoms with Crippen molar-refractivity contribution in [2.75, 3.05) is 11.5 Å². The van der Waals surface area contributed by atoms with Crippen molar-refractivity contribution in [3.63, 3.8) is 0 Å². The number of nitrogen functional groups attached to an aromatic ring is 1. The Kier molecular flexibility index (Phi) is 7.29. The number of carboxylic acid groups (broad SMARTS) is 1. The number of nitrogens with one attached hydrogen (secondary N) is 1. The van der Waals surface area contributed by atoms with E-state index in [0.717, 1.165) is 16.2 Å². The molecule has 0 bridgehead atoms. The molecule has 1 fully saturated rings. The molecule has 0 spiro atoms. The number of β-lactam (4-membered cyclic amide) rings is 1. The number of hydrogen-bond acceptors (Lipinski definition) is 9. The minimum atomic E-state index is -1.24. The largest absolute Gasteiger partial charge is 0.477 e. The normalized spacial score (nSPS) is 20.9. The SMILES string of the molecule is C=CC1=C(C(=O)O)N2C(=O)[C@@H](NC(=O)/C(=N/O)c3csc(N)n3)[C@H]2SC1.O.O. The zero-order chi connectivity index (χ0) is 19.0. The number of thiazole rings is 1. The van der Waals surface area contributed by atoms with Crippen molar-refractivity contribution < 1.29 is 35.6 Å². The Hall–Kier alpha value is -2.94. The van der Waals surface area contributed by atoms with E-state index >= 15 is 0 Å². The van der Waals surface area contributed by atoms with Gasteiger partial charge in [0.15, 0.2) is 10.8 Å². The lowest BCUT2D eigenvalue weighted by Gasteiger charge is -2.49. The summed E-state index contributed by atoms with van der Waals surface area (Å²) in [5, 5.41) is 24.9. The van der Waals surface area contributed by atoms with E-state index in [1.807, 2.05) is 0 Å². The van der Waals surface area contributed by atoms with Gasteiger partial charge in [-0.15, -0.1) is 23.1 Å². The highest BCUT2D eigenvalue weighted by Crippen LogP contribution is 2.40. The second-order valence-electron chi connectivity index (χ2n) is 5.26. The summed E-state index contributed by atoms with van der Waals surface area (Å²) in [4.78, 5) is 41.2. The van der Waals surface area contributed by atoms with Gasteiger partial charge in [0, 0.05) is 11.1 Å². The molecule has 0 saturated carbocycles. The van der Waals surface area contributed by atoms with E-state index in [1.54, 1.807) is 0 Å². The average Bonchev–Trinajstić information content (AvgIpc) is 3.04. The number of nitrogens with zero attached hydrogens (tertiary/aromatic N) is 3. The van der Waals surface area contributed by atoms with Crippen LogP contribution in [-0.2, 0) is 14.4 Å². The molecular weight excluding hydrogens is 414 g/mol. The maximum atomic E-state index is 12.4. The summed E-state index contributed by atoms with van der Waals surface area (Å²) in [5.41, 5.74) is 5.49. The zero-order valence-corrected chi connectivity index (χ0v) is 15.7. The van der Waals surface area contributed by atoms with E-state index < -0.39 is 29.2 Å². The minimum absolute atomic E-state index is 0. The maximum absolute atomic E-state index is 12.4. The number of nitrogens with two attached hydrogens (primary N) is 1. The van der Waals surface area contributed by atoms with E-state index in [4.69, 9.17) is 10.9 Å². The van der Waals surface area contributed by atoms with E-state index in [0.29, 0.717) is 11.3 Å². The molecule has 152 valence electrons. The van der Waals surface area contributed by atoms with Gasteiger partial charge in [0.2, 0.25) is 0 Å². The predicted octanol–water partition coefficient (Wildman–Crippen LogP) is -1.82. The zero-order valence-electron chi connectivity index (χ0n) is 14.1. The number of fused-ring (bicyclic) bond motifs is 1. The van der Waals surface area contributed by atoms with Crippen LogP contribution >= 0.6 is 23.1 Å².